The summed E-state index contributed by atoms with van der Waals surface area (Å²) in [6, 6.07) is 14.7. The lowest BCUT2D eigenvalue weighted by Gasteiger charge is -2.28. The number of aliphatic hydroxyl groups is 1. The summed E-state index contributed by atoms with van der Waals surface area (Å²) in [5.74, 6) is 0.586. The Bertz CT molecular complexity index is 662. The molecule has 0 radical (unpaired) electrons. The molecule has 20 heavy (non-hydrogen) atoms. The van der Waals surface area contributed by atoms with Crippen LogP contribution in [-0.4, -0.2) is 14.8 Å². The van der Waals surface area contributed by atoms with Crippen LogP contribution in [-0.2, 0) is 16.4 Å². The molecule has 1 heterocycles. The van der Waals surface area contributed by atoms with Gasteiger partial charge in [0.2, 0.25) is 5.44 Å². The lowest BCUT2D eigenvalue weighted by atomic mass is 9.96. The number of aryl methyl sites for hydroxylation is 1. The van der Waals surface area contributed by atoms with Crippen LogP contribution in [0.2, 0.25) is 0 Å². The van der Waals surface area contributed by atoms with Crippen LogP contribution in [0.3, 0.4) is 0 Å². The number of hydrogen-bond acceptors (Lipinski definition) is 3. The molecule has 104 valence electrons. The first kappa shape index (κ1) is 13.3. The summed E-state index contributed by atoms with van der Waals surface area (Å²) in [5.41, 5.74) is -0.282. The first-order valence-electron chi connectivity index (χ1n) is 6.46. The number of rotatable bonds is 2. The summed E-state index contributed by atoms with van der Waals surface area (Å²) >= 11 is 0. The Balaban J connectivity index is 1.98. The molecule has 0 fully saturated rings. The molecular weight excluding hydrogens is 272 g/mol. The van der Waals surface area contributed by atoms with E-state index in [4.69, 9.17) is 4.74 Å². The molecule has 0 saturated heterocycles. The van der Waals surface area contributed by atoms with Crippen LogP contribution in [0, 0.1) is 6.92 Å². The van der Waals surface area contributed by atoms with Gasteiger partial charge in [0.1, 0.15) is 22.2 Å². The van der Waals surface area contributed by atoms with Crippen molar-refractivity contribution in [2.75, 3.05) is 0 Å². The summed E-state index contributed by atoms with van der Waals surface area (Å²) in [6.07, 6.45) is 0. The molecule has 3 nitrogen and oxygen atoms in total. The number of fused-ring (bicyclic) bond motifs is 1. The SMILES string of the molecule is Cc1ccc([C@@](C)(O)[C@@H]2Oc3ccccc3S2=O)cc1. The van der Waals surface area contributed by atoms with Crippen LogP contribution in [0.15, 0.2) is 53.4 Å². The first-order valence-corrected chi connectivity index (χ1v) is 7.67. The Labute approximate surface area is 120 Å². The van der Waals surface area contributed by atoms with Crippen molar-refractivity contribution < 1.29 is 14.1 Å². The highest BCUT2D eigenvalue weighted by Gasteiger charge is 2.45. The van der Waals surface area contributed by atoms with E-state index in [1.165, 1.54) is 0 Å². The molecule has 0 aromatic heterocycles. The molecule has 0 saturated carbocycles. The monoisotopic (exact) mass is 288 g/mol. The fourth-order valence-corrected chi connectivity index (χ4v) is 3.84. The van der Waals surface area contributed by atoms with Crippen molar-refractivity contribution in [2.24, 2.45) is 0 Å². The molecule has 1 aliphatic heterocycles. The molecule has 1 unspecified atom stereocenters. The summed E-state index contributed by atoms with van der Waals surface area (Å²) in [6.45, 7) is 3.63. The van der Waals surface area contributed by atoms with E-state index in [2.05, 4.69) is 0 Å². The van der Waals surface area contributed by atoms with E-state index in [0.717, 1.165) is 5.56 Å². The summed E-state index contributed by atoms with van der Waals surface area (Å²) in [5, 5.41) is 10.8. The number of benzene rings is 2. The molecule has 0 spiro atoms. The maximum atomic E-state index is 12.5. The number of para-hydroxylation sites is 1. The molecule has 4 heteroatoms. The molecule has 3 atom stereocenters. The Morgan fingerprint density at radius 2 is 1.80 bits per heavy atom. The van der Waals surface area contributed by atoms with E-state index >= 15 is 0 Å². The lowest BCUT2D eigenvalue weighted by Crippen LogP contribution is -2.41. The maximum Gasteiger partial charge on any atom is 0.210 e. The fraction of sp³-hybridized carbons (Fsp3) is 0.250. The van der Waals surface area contributed by atoms with Gasteiger partial charge in [0.25, 0.3) is 0 Å². The van der Waals surface area contributed by atoms with E-state index in [9.17, 15) is 9.32 Å². The zero-order chi connectivity index (χ0) is 14.3. The fourth-order valence-electron chi connectivity index (χ4n) is 2.34. The van der Waals surface area contributed by atoms with Crippen molar-refractivity contribution in [3.63, 3.8) is 0 Å². The van der Waals surface area contributed by atoms with E-state index in [-0.39, 0.29) is 0 Å². The Kier molecular flexibility index (Phi) is 3.15. The molecule has 1 N–H and O–H groups in total. The third-order valence-electron chi connectivity index (χ3n) is 3.59. The van der Waals surface area contributed by atoms with Gasteiger partial charge in [0, 0.05) is 0 Å². The maximum absolute atomic E-state index is 12.5. The van der Waals surface area contributed by atoms with E-state index in [1.807, 2.05) is 43.3 Å². The lowest BCUT2D eigenvalue weighted by molar-refractivity contribution is -0.00945. The van der Waals surface area contributed by atoms with Gasteiger partial charge in [-0.25, -0.2) is 0 Å². The van der Waals surface area contributed by atoms with E-state index in [1.54, 1.807) is 19.1 Å². The summed E-state index contributed by atoms with van der Waals surface area (Å²) < 4.78 is 18.2. The summed E-state index contributed by atoms with van der Waals surface area (Å²) in [4.78, 5) is 0.643. The van der Waals surface area contributed by atoms with Crippen molar-refractivity contribution in [1.82, 2.24) is 0 Å². The first-order chi connectivity index (χ1) is 9.50. The Hall–Kier alpha value is -1.65. The standard InChI is InChI=1S/C16H16O3S/c1-11-7-9-12(10-8-11)16(2,17)15-19-13-5-3-4-6-14(13)20(15)18/h3-10,15,17H,1-2H3/t15-,16-,20?/m1/s1. The average molecular weight is 288 g/mol. The molecule has 2 aromatic rings. The summed E-state index contributed by atoms with van der Waals surface area (Å²) in [7, 11) is -1.38. The minimum absolute atomic E-state index is 0.586. The van der Waals surface area contributed by atoms with Gasteiger partial charge in [-0.3, -0.25) is 4.21 Å². The smallest absolute Gasteiger partial charge is 0.210 e. The second-order valence-corrected chi connectivity index (χ2v) is 6.67. The van der Waals surface area contributed by atoms with Gasteiger partial charge in [-0.15, -0.1) is 0 Å². The van der Waals surface area contributed by atoms with Gasteiger partial charge in [-0.05, 0) is 31.5 Å². The van der Waals surface area contributed by atoms with Gasteiger partial charge in [0.15, 0.2) is 0 Å². The third kappa shape index (κ3) is 2.05. The number of hydrogen-bond donors (Lipinski definition) is 1. The van der Waals surface area contributed by atoms with Crippen molar-refractivity contribution in [3.8, 4) is 5.75 Å². The van der Waals surface area contributed by atoms with Crippen LogP contribution in [0.5, 0.6) is 5.75 Å². The predicted molar refractivity (Wildman–Crippen MR) is 78.0 cm³/mol. The minimum atomic E-state index is -1.38. The second kappa shape index (κ2) is 4.72. The highest BCUT2D eigenvalue weighted by Crippen LogP contribution is 2.40. The number of ether oxygens (including phenoxy) is 1. The van der Waals surface area contributed by atoms with Crippen molar-refractivity contribution >= 4 is 10.8 Å². The van der Waals surface area contributed by atoms with E-state index < -0.39 is 21.8 Å². The average Bonchev–Trinajstić information content (AvgIpc) is 2.78. The highest BCUT2D eigenvalue weighted by molar-refractivity contribution is 7.86. The molecule has 0 amide bonds. The van der Waals surface area contributed by atoms with E-state index in [0.29, 0.717) is 16.2 Å². The van der Waals surface area contributed by atoms with Crippen molar-refractivity contribution in [3.05, 3.63) is 59.7 Å². The van der Waals surface area contributed by atoms with Crippen LogP contribution < -0.4 is 4.74 Å². The molecule has 0 bridgehead atoms. The predicted octanol–water partition coefficient (Wildman–Crippen LogP) is 2.73. The third-order valence-corrected chi connectivity index (χ3v) is 5.30. The minimum Gasteiger partial charge on any atom is -0.472 e. The quantitative estimate of drug-likeness (QED) is 0.924. The van der Waals surface area contributed by atoms with Gasteiger partial charge in [-0.1, -0.05) is 42.0 Å². The van der Waals surface area contributed by atoms with Gasteiger partial charge in [-0.2, -0.15) is 0 Å². The topological polar surface area (TPSA) is 46.5 Å². The van der Waals surface area contributed by atoms with Crippen LogP contribution in [0.4, 0.5) is 0 Å². The van der Waals surface area contributed by atoms with Gasteiger partial charge >= 0.3 is 0 Å². The van der Waals surface area contributed by atoms with Gasteiger partial charge in [0.05, 0.1) is 4.90 Å². The molecular formula is C16H16O3S. The van der Waals surface area contributed by atoms with Crippen molar-refractivity contribution in [2.45, 2.75) is 29.8 Å². The Morgan fingerprint density at radius 1 is 1.15 bits per heavy atom. The zero-order valence-corrected chi connectivity index (χ0v) is 12.2. The molecule has 1 aliphatic rings. The normalized spacial score (nSPS) is 23.8. The molecule has 0 aliphatic carbocycles. The Morgan fingerprint density at radius 3 is 2.45 bits per heavy atom. The second-order valence-electron chi connectivity index (χ2n) is 5.21. The molecule has 2 aromatic carbocycles. The van der Waals surface area contributed by atoms with Crippen LogP contribution in [0.25, 0.3) is 0 Å². The van der Waals surface area contributed by atoms with Crippen LogP contribution in [0.1, 0.15) is 18.1 Å². The van der Waals surface area contributed by atoms with Gasteiger partial charge < -0.3 is 9.84 Å². The highest BCUT2D eigenvalue weighted by atomic mass is 32.2. The largest absolute Gasteiger partial charge is 0.472 e. The zero-order valence-electron chi connectivity index (χ0n) is 11.4. The van der Waals surface area contributed by atoms with Crippen LogP contribution >= 0.6 is 0 Å². The van der Waals surface area contributed by atoms with Crippen molar-refractivity contribution in [1.29, 1.82) is 0 Å². The molecule has 3 rings (SSSR count).